The maximum atomic E-state index is 8.75. The van der Waals surface area contributed by atoms with Gasteiger partial charge in [0.05, 0.1) is 25.9 Å². The van der Waals surface area contributed by atoms with E-state index < -0.39 is 0 Å². The first-order valence-electron chi connectivity index (χ1n) is 5.65. The second kappa shape index (κ2) is 5.59. The van der Waals surface area contributed by atoms with Gasteiger partial charge in [-0.25, -0.2) is 0 Å². The van der Waals surface area contributed by atoms with Crippen molar-refractivity contribution in [2.24, 2.45) is 10.9 Å². The number of amidine groups is 1. The average Bonchev–Trinajstić information content (AvgIpc) is 2.90. The van der Waals surface area contributed by atoms with Gasteiger partial charge in [0, 0.05) is 12.5 Å². The minimum atomic E-state index is -0.0117. The zero-order valence-corrected chi connectivity index (χ0v) is 10.1. The molecule has 1 aromatic rings. The van der Waals surface area contributed by atoms with Gasteiger partial charge in [0.1, 0.15) is 17.6 Å². The molecule has 0 radical (unpaired) electrons. The number of rotatable bonds is 4. The first-order valence-corrected chi connectivity index (χ1v) is 5.65. The fourth-order valence-corrected chi connectivity index (χ4v) is 1.78. The lowest BCUT2D eigenvalue weighted by molar-refractivity contribution is 0.141. The van der Waals surface area contributed by atoms with Gasteiger partial charge < -0.3 is 25.2 Å². The smallest absolute Gasteiger partial charge is 0.173 e. The van der Waals surface area contributed by atoms with Gasteiger partial charge >= 0.3 is 0 Å². The molecule has 1 atom stereocenters. The highest BCUT2D eigenvalue weighted by atomic mass is 16.5. The van der Waals surface area contributed by atoms with E-state index in [9.17, 15) is 0 Å². The van der Waals surface area contributed by atoms with Crippen LogP contribution in [-0.4, -0.2) is 37.5 Å². The lowest BCUT2D eigenvalue weighted by Crippen LogP contribution is -2.20. The van der Waals surface area contributed by atoms with Crippen molar-refractivity contribution in [2.45, 2.75) is 12.5 Å². The van der Waals surface area contributed by atoms with Gasteiger partial charge in [-0.3, -0.25) is 0 Å². The third kappa shape index (κ3) is 2.65. The molecule has 1 aliphatic rings. The number of oxime groups is 1. The summed E-state index contributed by atoms with van der Waals surface area (Å²) in [6.07, 6.45) is 0.814. The Morgan fingerprint density at radius 3 is 3.00 bits per heavy atom. The average molecular weight is 252 g/mol. The number of nitrogens with two attached hydrogens (primary N) is 1. The van der Waals surface area contributed by atoms with Crippen molar-refractivity contribution < 1.29 is 19.4 Å². The van der Waals surface area contributed by atoms with Crippen LogP contribution in [0.25, 0.3) is 0 Å². The molecule has 18 heavy (non-hydrogen) atoms. The van der Waals surface area contributed by atoms with Crippen molar-refractivity contribution in [3.8, 4) is 11.5 Å². The third-order valence-corrected chi connectivity index (χ3v) is 2.75. The molecule has 1 saturated heterocycles. The Morgan fingerprint density at radius 1 is 1.56 bits per heavy atom. The monoisotopic (exact) mass is 252 g/mol. The predicted molar refractivity (Wildman–Crippen MR) is 65.4 cm³/mol. The summed E-state index contributed by atoms with van der Waals surface area (Å²) >= 11 is 0. The quantitative estimate of drug-likeness (QED) is 0.361. The van der Waals surface area contributed by atoms with Gasteiger partial charge in [0.25, 0.3) is 0 Å². The molecule has 2 rings (SSSR count). The predicted octanol–water partition coefficient (Wildman–Crippen LogP) is 0.957. The van der Waals surface area contributed by atoms with Crippen molar-refractivity contribution in [3.05, 3.63) is 23.8 Å². The molecule has 1 fully saturated rings. The van der Waals surface area contributed by atoms with Crippen LogP contribution in [0.1, 0.15) is 12.0 Å². The molecule has 98 valence electrons. The Bertz CT molecular complexity index is 442. The minimum Gasteiger partial charge on any atom is -0.497 e. The fraction of sp³-hybridized carbons (Fsp3) is 0.417. The molecule has 1 unspecified atom stereocenters. The molecule has 3 N–H and O–H groups in total. The third-order valence-electron chi connectivity index (χ3n) is 2.75. The Balaban J connectivity index is 2.28. The van der Waals surface area contributed by atoms with E-state index in [1.807, 2.05) is 0 Å². The van der Waals surface area contributed by atoms with Crippen molar-refractivity contribution in [3.63, 3.8) is 0 Å². The lowest BCUT2D eigenvalue weighted by Gasteiger charge is -2.15. The summed E-state index contributed by atoms with van der Waals surface area (Å²) in [7, 11) is 1.57. The summed E-state index contributed by atoms with van der Waals surface area (Å²) < 4.78 is 16.2. The Kier molecular flexibility index (Phi) is 3.88. The maximum Gasteiger partial charge on any atom is 0.173 e. The summed E-state index contributed by atoms with van der Waals surface area (Å²) in [6, 6.07) is 5.14. The van der Waals surface area contributed by atoms with Crippen LogP contribution < -0.4 is 15.2 Å². The van der Waals surface area contributed by atoms with Crippen LogP contribution in [0.2, 0.25) is 0 Å². The molecule has 0 amide bonds. The zero-order valence-electron chi connectivity index (χ0n) is 10.1. The van der Waals surface area contributed by atoms with Crippen LogP contribution in [0.4, 0.5) is 0 Å². The zero-order chi connectivity index (χ0) is 13.0. The SMILES string of the molecule is COc1ccc(/C(N)=N/O)c(OC2CCOC2)c1. The highest BCUT2D eigenvalue weighted by Crippen LogP contribution is 2.27. The first-order chi connectivity index (χ1) is 8.74. The largest absolute Gasteiger partial charge is 0.497 e. The molecular formula is C12H16N2O4. The molecule has 1 aromatic carbocycles. The molecule has 6 nitrogen and oxygen atoms in total. The molecule has 6 heteroatoms. The molecule has 0 spiro atoms. The standard InChI is InChI=1S/C12H16N2O4/c1-16-8-2-3-10(12(13)14-15)11(6-8)18-9-4-5-17-7-9/h2-3,6,9,15H,4-5,7H2,1H3,(H2,13,14). The molecule has 0 aliphatic carbocycles. The summed E-state index contributed by atoms with van der Waals surface area (Å²) in [4.78, 5) is 0. The highest BCUT2D eigenvalue weighted by molar-refractivity contribution is 5.99. The van der Waals surface area contributed by atoms with E-state index in [2.05, 4.69) is 5.16 Å². The van der Waals surface area contributed by atoms with Gasteiger partial charge in [-0.15, -0.1) is 0 Å². The van der Waals surface area contributed by atoms with Crippen molar-refractivity contribution in [1.82, 2.24) is 0 Å². The first kappa shape index (κ1) is 12.5. The maximum absolute atomic E-state index is 8.75. The molecule has 0 bridgehead atoms. The van der Waals surface area contributed by atoms with Crippen molar-refractivity contribution in [1.29, 1.82) is 0 Å². The summed E-state index contributed by atoms with van der Waals surface area (Å²) in [5, 5.41) is 11.7. The van der Waals surface area contributed by atoms with Crippen LogP contribution in [-0.2, 0) is 4.74 Å². The fourth-order valence-electron chi connectivity index (χ4n) is 1.78. The second-order valence-corrected chi connectivity index (χ2v) is 3.95. The number of ether oxygens (including phenoxy) is 3. The molecular weight excluding hydrogens is 236 g/mol. The van der Waals surface area contributed by atoms with Gasteiger partial charge in [-0.05, 0) is 12.1 Å². The van der Waals surface area contributed by atoms with E-state index in [0.29, 0.717) is 30.3 Å². The molecule has 1 heterocycles. The summed E-state index contributed by atoms with van der Waals surface area (Å²) in [6.45, 7) is 1.24. The van der Waals surface area contributed by atoms with E-state index in [1.54, 1.807) is 25.3 Å². The van der Waals surface area contributed by atoms with Gasteiger partial charge in [0.2, 0.25) is 0 Å². The van der Waals surface area contributed by atoms with Crippen LogP contribution in [0.3, 0.4) is 0 Å². The number of methoxy groups -OCH3 is 1. The Labute approximate surface area is 105 Å². The van der Waals surface area contributed by atoms with E-state index in [1.165, 1.54) is 0 Å². The molecule has 1 aliphatic heterocycles. The van der Waals surface area contributed by atoms with E-state index >= 15 is 0 Å². The van der Waals surface area contributed by atoms with Gasteiger partial charge in [-0.1, -0.05) is 5.16 Å². The molecule has 0 aromatic heterocycles. The van der Waals surface area contributed by atoms with Crippen molar-refractivity contribution >= 4 is 5.84 Å². The number of nitrogens with zero attached hydrogens (tertiary/aromatic N) is 1. The second-order valence-electron chi connectivity index (χ2n) is 3.95. The van der Waals surface area contributed by atoms with E-state index in [4.69, 9.17) is 25.2 Å². The van der Waals surface area contributed by atoms with Crippen LogP contribution in [0.5, 0.6) is 11.5 Å². The number of benzene rings is 1. The Morgan fingerprint density at radius 2 is 2.39 bits per heavy atom. The highest BCUT2D eigenvalue weighted by Gasteiger charge is 2.20. The number of hydrogen-bond donors (Lipinski definition) is 2. The van der Waals surface area contributed by atoms with Crippen LogP contribution in [0.15, 0.2) is 23.4 Å². The van der Waals surface area contributed by atoms with Crippen LogP contribution >= 0.6 is 0 Å². The lowest BCUT2D eigenvalue weighted by atomic mass is 10.1. The topological polar surface area (TPSA) is 86.3 Å². The Hall–Kier alpha value is -1.95. The normalized spacial score (nSPS) is 19.8. The minimum absolute atomic E-state index is 0.00608. The van der Waals surface area contributed by atoms with E-state index in [-0.39, 0.29) is 11.9 Å². The van der Waals surface area contributed by atoms with Gasteiger partial charge in [-0.2, -0.15) is 0 Å². The summed E-state index contributed by atoms with van der Waals surface area (Å²) in [5.74, 6) is 1.19. The summed E-state index contributed by atoms with van der Waals surface area (Å²) in [5.41, 5.74) is 6.14. The molecule has 0 saturated carbocycles. The van der Waals surface area contributed by atoms with E-state index in [0.717, 1.165) is 6.42 Å². The number of hydrogen-bond acceptors (Lipinski definition) is 5. The van der Waals surface area contributed by atoms with Gasteiger partial charge in [0.15, 0.2) is 5.84 Å². The van der Waals surface area contributed by atoms with Crippen LogP contribution in [0, 0.1) is 0 Å². The van der Waals surface area contributed by atoms with Crippen molar-refractivity contribution in [2.75, 3.05) is 20.3 Å².